The van der Waals surface area contributed by atoms with Gasteiger partial charge in [0, 0.05) is 18.0 Å². The van der Waals surface area contributed by atoms with Crippen molar-refractivity contribution in [2.45, 2.75) is 25.2 Å². The zero-order valence-corrected chi connectivity index (χ0v) is 9.84. The molecule has 0 saturated heterocycles. The molecule has 1 saturated carbocycles. The number of nitrogens with two attached hydrogens (primary N) is 1. The molecule has 0 atom stereocenters. The second kappa shape index (κ2) is 4.34. The molecule has 0 radical (unpaired) electrons. The molecule has 88 valence electrons. The fourth-order valence-electron chi connectivity index (χ4n) is 2.16. The highest BCUT2D eigenvalue weighted by Gasteiger charge is 2.28. The summed E-state index contributed by atoms with van der Waals surface area (Å²) in [6, 6.07) is 12.6. The average molecular weight is 227 g/mol. The number of hydrogen-bond acceptors (Lipinski definition) is 2. The van der Waals surface area contributed by atoms with Crippen LogP contribution in [0.1, 0.15) is 30.1 Å². The Morgan fingerprint density at radius 2 is 2.00 bits per heavy atom. The molecule has 3 nitrogen and oxygen atoms in total. The van der Waals surface area contributed by atoms with E-state index in [0.29, 0.717) is 12.5 Å². The Kier molecular flexibility index (Phi) is 2.69. The third-order valence-corrected chi connectivity index (χ3v) is 3.18. The summed E-state index contributed by atoms with van der Waals surface area (Å²) in [5.41, 5.74) is 9.21. The number of hydrogen-bond donors (Lipinski definition) is 1. The molecule has 2 N–H and O–H groups in total. The smallest absolute Gasteiger partial charge is 0.0649 e. The molecule has 1 fully saturated rings. The van der Waals surface area contributed by atoms with Crippen molar-refractivity contribution in [3.05, 3.63) is 47.8 Å². The second-order valence-electron chi connectivity index (χ2n) is 4.62. The molecular weight excluding hydrogens is 210 g/mol. The summed E-state index contributed by atoms with van der Waals surface area (Å²) < 4.78 is 2.09. The molecule has 0 unspecified atom stereocenters. The molecule has 17 heavy (non-hydrogen) atoms. The maximum atomic E-state index is 5.60. The van der Waals surface area contributed by atoms with Crippen molar-refractivity contribution < 1.29 is 0 Å². The van der Waals surface area contributed by atoms with E-state index in [1.165, 1.54) is 18.5 Å². The monoisotopic (exact) mass is 227 g/mol. The summed E-state index contributed by atoms with van der Waals surface area (Å²) in [6.07, 6.45) is 3.45. The summed E-state index contributed by atoms with van der Waals surface area (Å²) in [5, 5.41) is 4.67. The van der Waals surface area contributed by atoms with Crippen LogP contribution in [0.15, 0.2) is 36.4 Å². The lowest BCUT2D eigenvalue weighted by atomic mass is 10.2. The lowest BCUT2D eigenvalue weighted by Crippen LogP contribution is -2.04. The quantitative estimate of drug-likeness (QED) is 0.870. The number of para-hydroxylation sites is 1. The molecule has 0 spiro atoms. The first-order valence-electron chi connectivity index (χ1n) is 6.23. The van der Waals surface area contributed by atoms with Gasteiger partial charge in [0.05, 0.1) is 11.4 Å². The van der Waals surface area contributed by atoms with Crippen molar-refractivity contribution in [1.82, 2.24) is 9.78 Å². The Hall–Kier alpha value is -1.61. The predicted molar refractivity (Wildman–Crippen MR) is 68.3 cm³/mol. The van der Waals surface area contributed by atoms with Crippen LogP contribution in [0, 0.1) is 0 Å². The van der Waals surface area contributed by atoms with Gasteiger partial charge in [-0.25, -0.2) is 4.68 Å². The van der Waals surface area contributed by atoms with E-state index in [4.69, 9.17) is 5.73 Å². The Balaban J connectivity index is 2.02. The van der Waals surface area contributed by atoms with Crippen LogP contribution in [0.25, 0.3) is 5.69 Å². The molecule has 3 heteroatoms. The summed E-state index contributed by atoms with van der Waals surface area (Å²) >= 11 is 0. The summed E-state index contributed by atoms with van der Waals surface area (Å²) in [7, 11) is 0. The van der Waals surface area contributed by atoms with Crippen molar-refractivity contribution in [3.63, 3.8) is 0 Å². The van der Waals surface area contributed by atoms with Crippen LogP contribution < -0.4 is 5.73 Å². The van der Waals surface area contributed by atoms with Crippen LogP contribution in [0.2, 0.25) is 0 Å². The van der Waals surface area contributed by atoms with Crippen LogP contribution >= 0.6 is 0 Å². The topological polar surface area (TPSA) is 43.8 Å². The summed E-state index contributed by atoms with van der Waals surface area (Å²) in [5.74, 6) is 0.703. The van der Waals surface area contributed by atoms with Gasteiger partial charge in [0.2, 0.25) is 0 Å². The van der Waals surface area contributed by atoms with Crippen LogP contribution in [0.4, 0.5) is 0 Å². The first-order chi connectivity index (χ1) is 8.38. The van der Waals surface area contributed by atoms with Gasteiger partial charge < -0.3 is 5.73 Å². The number of nitrogens with zero attached hydrogens (tertiary/aromatic N) is 2. The molecule has 1 heterocycles. The minimum absolute atomic E-state index is 0.663. The van der Waals surface area contributed by atoms with E-state index < -0.39 is 0 Å². The van der Waals surface area contributed by atoms with Crippen molar-refractivity contribution in [3.8, 4) is 5.69 Å². The Bertz CT molecular complexity index is 497. The fourth-order valence-corrected chi connectivity index (χ4v) is 2.16. The van der Waals surface area contributed by atoms with Gasteiger partial charge in [-0.2, -0.15) is 5.10 Å². The molecular formula is C14H17N3. The van der Waals surface area contributed by atoms with Gasteiger partial charge in [-0.1, -0.05) is 18.2 Å². The van der Waals surface area contributed by atoms with Crippen molar-refractivity contribution >= 4 is 0 Å². The Labute approximate surface area is 101 Å². The van der Waals surface area contributed by atoms with Crippen LogP contribution in [-0.2, 0) is 6.42 Å². The van der Waals surface area contributed by atoms with E-state index in [-0.39, 0.29) is 0 Å². The van der Waals surface area contributed by atoms with Gasteiger partial charge in [-0.15, -0.1) is 0 Å². The normalized spacial score (nSPS) is 15.1. The highest BCUT2D eigenvalue weighted by Crippen LogP contribution is 2.41. The lowest BCUT2D eigenvalue weighted by Gasteiger charge is -2.05. The number of benzene rings is 1. The Morgan fingerprint density at radius 1 is 1.24 bits per heavy atom. The molecule has 1 aliphatic rings. The third kappa shape index (κ3) is 2.11. The van der Waals surface area contributed by atoms with Crippen molar-refractivity contribution in [1.29, 1.82) is 0 Å². The van der Waals surface area contributed by atoms with Crippen LogP contribution in [0.3, 0.4) is 0 Å². The average Bonchev–Trinajstić information content (AvgIpc) is 3.13. The maximum Gasteiger partial charge on any atom is 0.0649 e. The predicted octanol–water partition coefficient (Wildman–Crippen LogP) is 2.25. The van der Waals surface area contributed by atoms with E-state index in [1.54, 1.807) is 0 Å². The molecule has 0 bridgehead atoms. The zero-order valence-electron chi connectivity index (χ0n) is 9.84. The van der Waals surface area contributed by atoms with Crippen molar-refractivity contribution in [2.75, 3.05) is 6.54 Å². The van der Waals surface area contributed by atoms with Gasteiger partial charge in [0.15, 0.2) is 0 Å². The largest absolute Gasteiger partial charge is 0.330 e. The SMILES string of the molecule is NCCc1cc(C2CC2)n(-c2ccccc2)n1. The minimum Gasteiger partial charge on any atom is -0.330 e. The molecule has 1 aromatic carbocycles. The fraction of sp³-hybridized carbons (Fsp3) is 0.357. The van der Waals surface area contributed by atoms with E-state index in [1.807, 2.05) is 6.07 Å². The molecule has 3 rings (SSSR count). The Morgan fingerprint density at radius 3 is 2.65 bits per heavy atom. The summed E-state index contributed by atoms with van der Waals surface area (Å²) in [4.78, 5) is 0. The van der Waals surface area contributed by atoms with Gasteiger partial charge >= 0.3 is 0 Å². The highest BCUT2D eigenvalue weighted by molar-refractivity contribution is 5.35. The first-order valence-corrected chi connectivity index (χ1v) is 6.23. The lowest BCUT2D eigenvalue weighted by molar-refractivity contribution is 0.781. The minimum atomic E-state index is 0.663. The first kappa shape index (κ1) is 10.5. The van der Waals surface area contributed by atoms with Gasteiger partial charge in [0.25, 0.3) is 0 Å². The van der Waals surface area contributed by atoms with E-state index >= 15 is 0 Å². The third-order valence-electron chi connectivity index (χ3n) is 3.18. The standard InChI is InChI=1S/C14H17N3/c15-9-8-12-10-14(11-6-7-11)17(16-12)13-4-2-1-3-5-13/h1-5,10-11H,6-9,15H2. The molecule has 2 aromatic rings. The summed E-state index contributed by atoms with van der Waals surface area (Å²) in [6.45, 7) is 0.663. The molecule has 0 amide bonds. The number of rotatable bonds is 4. The van der Waals surface area contributed by atoms with E-state index in [9.17, 15) is 0 Å². The van der Waals surface area contributed by atoms with Crippen LogP contribution in [0.5, 0.6) is 0 Å². The van der Waals surface area contributed by atoms with Crippen LogP contribution in [-0.4, -0.2) is 16.3 Å². The molecule has 0 aliphatic heterocycles. The van der Waals surface area contributed by atoms with Gasteiger partial charge in [-0.3, -0.25) is 0 Å². The van der Waals surface area contributed by atoms with Gasteiger partial charge in [0.1, 0.15) is 0 Å². The van der Waals surface area contributed by atoms with Crippen molar-refractivity contribution in [2.24, 2.45) is 5.73 Å². The maximum absolute atomic E-state index is 5.60. The van der Waals surface area contributed by atoms with Gasteiger partial charge in [-0.05, 0) is 37.6 Å². The second-order valence-corrected chi connectivity index (χ2v) is 4.62. The number of aromatic nitrogens is 2. The zero-order chi connectivity index (χ0) is 11.7. The van der Waals surface area contributed by atoms with E-state index in [0.717, 1.165) is 17.8 Å². The highest BCUT2D eigenvalue weighted by atomic mass is 15.3. The van der Waals surface area contributed by atoms with E-state index in [2.05, 4.69) is 40.1 Å². The molecule has 1 aliphatic carbocycles. The molecule has 1 aromatic heterocycles.